The van der Waals surface area contributed by atoms with Crippen molar-refractivity contribution in [2.24, 2.45) is 0 Å². The van der Waals surface area contributed by atoms with Gasteiger partial charge in [0.05, 0.1) is 14.2 Å². The summed E-state index contributed by atoms with van der Waals surface area (Å²) in [6.07, 6.45) is 1.88. The van der Waals surface area contributed by atoms with Crippen LogP contribution in [0.4, 0.5) is 5.69 Å². The maximum absolute atomic E-state index is 12.2. The highest BCUT2D eigenvalue weighted by Gasteiger charge is 2.17. The normalized spacial score (nSPS) is 11.7. The lowest BCUT2D eigenvalue weighted by atomic mass is 10.1. The maximum atomic E-state index is 12.2. The number of benzene rings is 2. The van der Waals surface area contributed by atoms with Gasteiger partial charge in [-0.2, -0.15) is 0 Å². The first-order valence-electron chi connectivity index (χ1n) is 8.41. The SMILES string of the molecule is COc1ccc(/C=C/C(=O)OC(C)C(=O)Nc2ccccc2C)c(OC)c1. The van der Waals surface area contributed by atoms with Crippen LogP contribution in [0.15, 0.2) is 48.5 Å². The third-order valence-electron chi connectivity index (χ3n) is 3.90. The van der Waals surface area contributed by atoms with E-state index in [-0.39, 0.29) is 0 Å². The highest BCUT2D eigenvalue weighted by atomic mass is 16.5. The van der Waals surface area contributed by atoms with Gasteiger partial charge < -0.3 is 19.5 Å². The first-order chi connectivity index (χ1) is 12.9. The highest BCUT2D eigenvalue weighted by Crippen LogP contribution is 2.25. The number of carbonyl (C=O) groups excluding carboxylic acids is 2. The number of anilines is 1. The predicted octanol–water partition coefficient (Wildman–Crippen LogP) is 3.60. The molecule has 2 rings (SSSR count). The molecule has 0 aliphatic heterocycles. The molecule has 0 heterocycles. The zero-order valence-electron chi connectivity index (χ0n) is 15.8. The summed E-state index contributed by atoms with van der Waals surface area (Å²) in [7, 11) is 3.09. The molecular weight excluding hydrogens is 346 g/mol. The average molecular weight is 369 g/mol. The molecule has 0 bridgehead atoms. The van der Waals surface area contributed by atoms with Crippen LogP contribution in [-0.4, -0.2) is 32.2 Å². The monoisotopic (exact) mass is 369 g/mol. The van der Waals surface area contributed by atoms with E-state index < -0.39 is 18.0 Å². The average Bonchev–Trinajstić information content (AvgIpc) is 2.67. The number of amides is 1. The molecule has 6 heteroatoms. The van der Waals surface area contributed by atoms with Crippen molar-refractivity contribution < 1.29 is 23.8 Å². The van der Waals surface area contributed by atoms with Gasteiger partial charge in [0.2, 0.25) is 0 Å². The Morgan fingerprint density at radius 3 is 2.48 bits per heavy atom. The first kappa shape index (κ1) is 20.0. The topological polar surface area (TPSA) is 73.9 Å². The second-order valence-electron chi connectivity index (χ2n) is 5.82. The summed E-state index contributed by atoms with van der Waals surface area (Å²) in [4.78, 5) is 24.2. The zero-order chi connectivity index (χ0) is 19.8. The van der Waals surface area contributed by atoms with Crippen LogP contribution in [0.3, 0.4) is 0 Å². The van der Waals surface area contributed by atoms with Crippen molar-refractivity contribution in [3.8, 4) is 11.5 Å². The van der Waals surface area contributed by atoms with Crippen LogP contribution in [0.5, 0.6) is 11.5 Å². The number of esters is 1. The van der Waals surface area contributed by atoms with Crippen LogP contribution in [0.2, 0.25) is 0 Å². The summed E-state index contributed by atoms with van der Waals surface area (Å²) in [5, 5.41) is 2.75. The summed E-state index contributed by atoms with van der Waals surface area (Å²) in [5.74, 6) is 0.185. The van der Waals surface area contributed by atoms with Crippen molar-refractivity contribution in [1.29, 1.82) is 0 Å². The lowest BCUT2D eigenvalue weighted by molar-refractivity contribution is -0.148. The molecule has 0 saturated heterocycles. The van der Waals surface area contributed by atoms with Gasteiger partial charge in [0.25, 0.3) is 5.91 Å². The first-order valence-corrected chi connectivity index (χ1v) is 8.41. The van der Waals surface area contributed by atoms with Gasteiger partial charge in [-0.1, -0.05) is 18.2 Å². The minimum Gasteiger partial charge on any atom is -0.497 e. The summed E-state index contributed by atoms with van der Waals surface area (Å²) in [6.45, 7) is 3.41. The van der Waals surface area contributed by atoms with Crippen LogP contribution >= 0.6 is 0 Å². The van der Waals surface area contributed by atoms with Gasteiger partial charge in [-0.3, -0.25) is 4.79 Å². The number of aryl methyl sites for hydroxylation is 1. The third kappa shape index (κ3) is 5.60. The van der Waals surface area contributed by atoms with E-state index in [0.717, 1.165) is 5.56 Å². The van der Waals surface area contributed by atoms with E-state index in [1.807, 2.05) is 25.1 Å². The molecule has 0 aromatic heterocycles. The summed E-state index contributed by atoms with van der Waals surface area (Å²) in [6, 6.07) is 12.6. The molecule has 0 aliphatic carbocycles. The predicted molar refractivity (Wildman–Crippen MR) is 104 cm³/mol. The zero-order valence-corrected chi connectivity index (χ0v) is 15.8. The Morgan fingerprint density at radius 1 is 1.07 bits per heavy atom. The minimum absolute atomic E-state index is 0.395. The van der Waals surface area contributed by atoms with Crippen molar-refractivity contribution in [2.75, 3.05) is 19.5 Å². The number of ether oxygens (including phenoxy) is 3. The largest absolute Gasteiger partial charge is 0.497 e. The van der Waals surface area contributed by atoms with Gasteiger partial charge in [0.15, 0.2) is 6.10 Å². The Morgan fingerprint density at radius 2 is 1.81 bits per heavy atom. The Balaban J connectivity index is 1.97. The number of hydrogen-bond acceptors (Lipinski definition) is 5. The quantitative estimate of drug-likeness (QED) is 0.596. The molecule has 0 spiro atoms. The van der Waals surface area contributed by atoms with E-state index in [0.29, 0.717) is 22.7 Å². The van der Waals surface area contributed by atoms with Crippen molar-refractivity contribution in [3.05, 3.63) is 59.7 Å². The molecule has 142 valence electrons. The number of rotatable bonds is 7. The summed E-state index contributed by atoms with van der Waals surface area (Å²) < 4.78 is 15.6. The van der Waals surface area contributed by atoms with E-state index in [9.17, 15) is 9.59 Å². The number of carbonyl (C=O) groups is 2. The van der Waals surface area contributed by atoms with Crippen LogP contribution in [0.25, 0.3) is 6.08 Å². The summed E-state index contributed by atoms with van der Waals surface area (Å²) >= 11 is 0. The fourth-order valence-corrected chi connectivity index (χ4v) is 2.33. The van der Waals surface area contributed by atoms with Gasteiger partial charge in [0.1, 0.15) is 11.5 Å². The molecule has 0 radical (unpaired) electrons. The second-order valence-corrected chi connectivity index (χ2v) is 5.82. The second kappa shape index (κ2) is 9.43. The molecule has 6 nitrogen and oxygen atoms in total. The molecular formula is C21H23NO5. The van der Waals surface area contributed by atoms with Gasteiger partial charge in [-0.15, -0.1) is 0 Å². The molecule has 0 aliphatic rings. The van der Waals surface area contributed by atoms with Crippen molar-refractivity contribution in [2.45, 2.75) is 20.0 Å². The minimum atomic E-state index is -0.931. The lowest BCUT2D eigenvalue weighted by Gasteiger charge is -2.13. The highest BCUT2D eigenvalue weighted by molar-refractivity contribution is 5.97. The van der Waals surface area contributed by atoms with Gasteiger partial charge >= 0.3 is 5.97 Å². The van der Waals surface area contributed by atoms with Gasteiger partial charge in [-0.25, -0.2) is 4.79 Å². The standard InChI is InChI=1S/C21H23NO5/c1-14-7-5-6-8-18(14)22-21(24)15(2)27-20(23)12-10-16-9-11-17(25-3)13-19(16)26-4/h5-13,15H,1-4H3,(H,22,24)/b12-10+. The number of nitrogens with one attached hydrogen (secondary N) is 1. The molecule has 1 unspecified atom stereocenters. The molecule has 1 amide bonds. The Hall–Kier alpha value is -3.28. The Labute approximate surface area is 158 Å². The Bertz CT molecular complexity index is 844. The van der Waals surface area contributed by atoms with Crippen LogP contribution in [0, 0.1) is 6.92 Å². The number of methoxy groups -OCH3 is 2. The molecule has 2 aromatic rings. The van der Waals surface area contributed by atoms with E-state index >= 15 is 0 Å². The lowest BCUT2D eigenvalue weighted by Crippen LogP contribution is -2.29. The van der Waals surface area contributed by atoms with Crippen LogP contribution < -0.4 is 14.8 Å². The van der Waals surface area contributed by atoms with Gasteiger partial charge in [-0.05, 0) is 43.7 Å². The fraction of sp³-hybridized carbons (Fsp3) is 0.238. The molecule has 0 saturated carbocycles. The summed E-state index contributed by atoms with van der Waals surface area (Å²) in [5.41, 5.74) is 2.30. The van der Waals surface area contributed by atoms with E-state index in [1.165, 1.54) is 20.1 Å². The molecule has 1 N–H and O–H groups in total. The van der Waals surface area contributed by atoms with Crippen molar-refractivity contribution in [1.82, 2.24) is 0 Å². The number of para-hydroxylation sites is 1. The maximum Gasteiger partial charge on any atom is 0.331 e. The van der Waals surface area contributed by atoms with E-state index in [1.54, 1.807) is 37.5 Å². The number of hydrogen-bond donors (Lipinski definition) is 1. The van der Waals surface area contributed by atoms with Crippen molar-refractivity contribution >= 4 is 23.6 Å². The third-order valence-corrected chi connectivity index (χ3v) is 3.90. The van der Waals surface area contributed by atoms with Crippen LogP contribution in [-0.2, 0) is 14.3 Å². The molecule has 0 fully saturated rings. The molecule has 27 heavy (non-hydrogen) atoms. The van der Waals surface area contributed by atoms with Gasteiger partial charge in [0, 0.05) is 23.4 Å². The van der Waals surface area contributed by atoms with E-state index in [2.05, 4.69) is 5.32 Å². The molecule has 2 aromatic carbocycles. The molecule has 1 atom stereocenters. The van der Waals surface area contributed by atoms with Crippen molar-refractivity contribution in [3.63, 3.8) is 0 Å². The smallest absolute Gasteiger partial charge is 0.331 e. The van der Waals surface area contributed by atoms with Crippen LogP contribution in [0.1, 0.15) is 18.1 Å². The van der Waals surface area contributed by atoms with E-state index in [4.69, 9.17) is 14.2 Å². The fourth-order valence-electron chi connectivity index (χ4n) is 2.33. The Kier molecular flexibility index (Phi) is 7.00.